The minimum atomic E-state index is -1.07. The van der Waals surface area contributed by atoms with Crippen LogP contribution in [-0.2, 0) is 12.0 Å². The second kappa shape index (κ2) is 11.6. The summed E-state index contributed by atoms with van der Waals surface area (Å²) in [5, 5.41) is 20.9. The molecule has 0 amide bonds. The SMILES string of the molecule is CCc1ccc([C@](C)(O)CN2CCN(c3ccc(OCCO)cc3Cl)[C@H](c3ccc(F)cc3)C2)cn1. The van der Waals surface area contributed by atoms with Crippen molar-refractivity contribution in [2.45, 2.75) is 31.9 Å². The van der Waals surface area contributed by atoms with Gasteiger partial charge in [0.1, 0.15) is 23.8 Å². The number of halogens is 2. The summed E-state index contributed by atoms with van der Waals surface area (Å²) in [6.07, 6.45) is 2.60. The van der Waals surface area contributed by atoms with Gasteiger partial charge in [-0.1, -0.05) is 36.7 Å². The number of piperazine rings is 1. The summed E-state index contributed by atoms with van der Waals surface area (Å²) in [5.41, 5.74) is 2.52. The van der Waals surface area contributed by atoms with E-state index in [9.17, 15) is 9.50 Å². The van der Waals surface area contributed by atoms with Crippen molar-refractivity contribution < 1.29 is 19.3 Å². The Morgan fingerprint density at radius 1 is 1.14 bits per heavy atom. The highest BCUT2D eigenvalue weighted by atomic mass is 35.5. The highest BCUT2D eigenvalue weighted by molar-refractivity contribution is 6.33. The second-order valence-electron chi connectivity index (χ2n) is 9.35. The number of aromatic nitrogens is 1. The topological polar surface area (TPSA) is 69.1 Å². The fourth-order valence-corrected chi connectivity index (χ4v) is 4.97. The zero-order valence-corrected chi connectivity index (χ0v) is 21.5. The van der Waals surface area contributed by atoms with E-state index in [1.54, 1.807) is 24.4 Å². The molecule has 0 radical (unpaired) electrons. The molecule has 1 aromatic heterocycles. The molecule has 36 heavy (non-hydrogen) atoms. The number of nitrogens with zero attached hydrogens (tertiary/aromatic N) is 3. The molecule has 0 spiro atoms. The van der Waals surface area contributed by atoms with Gasteiger partial charge in [-0.2, -0.15) is 0 Å². The summed E-state index contributed by atoms with van der Waals surface area (Å²) < 4.78 is 19.2. The third-order valence-corrected chi connectivity index (χ3v) is 6.95. The van der Waals surface area contributed by atoms with Crippen LogP contribution in [0.15, 0.2) is 60.8 Å². The first-order valence-corrected chi connectivity index (χ1v) is 12.6. The van der Waals surface area contributed by atoms with Gasteiger partial charge in [0.2, 0.25) is 0 Å². The van der Waals surface area contributed by atoms with Gasteiger partial charge >= 0.3 is 0 Å². The molecule has 8 heteroatoms. The van der Waals surface area contributed by atoms with Crippen molar-refractivity contribution in [2.24, 2.45) is 0 Å². The van der Waals surface area contributed by atoms with E-state index < -0.39 is 5.60 Å². The van der Waals surface area contributed by atoms with Gasteiger partial charge in [0.25, 0.3) is 0 Å². The van der Waals surface area contributed by atoms with Crippen LogP contribution < -0.4 is 9.64 Å². The van der Waals surface area contributed by atoms with E-state index >= 15 is 0 Å². The summed E-state index contributed by atoms with van der Waals surface area (Å²) in [4.78, 5) is 8.90. The molecule has 3 aromatic rings. The number of aliphatic hydroxyl groups is 2. The van der Waals surface area contributed by atoms with E-state index in [1.807, 2.05) is 31.2 Å². The van der Waals surface area contributed by atoms with Gasteiger partial charge in [-0.05, 0) is 49.2 Å². The molecule has 1 aliphatic heterocycles. The number of ether oxygens (including phenoxy) is 1. The Kier molecular flexibility index (Phi) is 8.46. The third-order valence-electron chi connectivity index (χ3n) is 6.65. The third kappa shape index (κ3) is 6.16. The summed E-state index contributed by atoms with van der Waals surface area (Å²) in [7, 11) is 0. The maximum absolute atomic E-state index is 13.7. The molecule has 2 aromatic carbocycles. The number of hydrogen-bond acceptors (Lipinski definition) is 6. The molecule has 1 fully saturated rings. The van der Waals surface area contributed by atoms with E-state index in [1.165, 1.54) is 12.1 Å². The molecule has 0 bridgehead atoms. The minimum absolute atomic E-state index is 0.0729. The number of benzene rings is 2. The van der Waals surface area contributed by atoms with Gasteiger partial charge in [0, 0.05) is 49.7 Å². The van der Waals surface area contributed by atoms with E-state index in [4.69, 9.17) is 21.4 Å². The number of hydrogen-bond donors (Lipinski definition) is 2. The molecule has 192 valence electrons. The van der Waals surface area contributed by atoms with Crippen molar-refractivity contribution in [3.8, 4) is 5.75 Å². The lowest BCUT2D eigenvalue weighted by molar-refractivity contribution is 0.0100. The van der Waals surface area contributed by atoms with E-state index in [0.29, 0.717) is 37.0 Å². The molecule has 0 saturated carbocycles. The first kappa shape index (κ1) is 26.4. The Bertz CT molecular complexity index is 1140. The van der Waals surface area contributed by atoms with Gasteiger partial charge in [-0.3, -0.25) is 9.88 Å². The number of pyridine rings is 1. The van der Waals surface area contributed by atoms with Crippen molar-refractivity contribution in [1.82, 2.24) is 9.88 Å². The standard InChI is InChI=1S/C28H33ClFN3O3/c1-3-23-9-6-21(17-31-23)28(2,35)19-32-12-13-33(27(18-32)20-4-7-22(30)8-5-20)26-11-10-24(16-25(26)29)36-15-14-34/h4-11,16-17,27,34-35H,3,12-15,18-19H2,1-2H3/t27-,28+/m0/s1. The van der Waals surface area contributed by atoms with Crippen LogP contribution in [0.3, 0.4) is 0 Å². The highest BCUT2D eigenvalue weighted by Gasteiger charge is 2.34. The predicted octanol–water partition coefficient (Wildman–Crippen LogP) is 4.58. The maximum Gasteiger partial charge on any atom is 0.123 e. The van der Waals surface area contributed by atoms with Crippen molar-refractivity contribution in [3.05, 3.63) is 88.5 Å². The molecule has 1 saturated heterocycles. The zero-order valence-electron chi connectivity index (χ0n) is 20.7. The summed E-state index contributed by atoms with van der Waals surface area (Å²) >= 11 is 6.66. The molecule has 2 heterocycles. The van der Waals surface area contributed by atoms with Crippen LogP contribution in [-0.4, -0.2) is 59.5 Å². The highest BCUT2D eigenvalue weighted by Crippen LogP contribution is 2.38. The molecular formula is C28H33ClFN3O3. The Labute approximate surface area is 216 Å². The number of aliphatic hydroxyl groups excluding tert-OH is 1. The first-order chi connectivity index (χ1) is 17.3. The normalized spacial score (nSPS) is 18.2. The average Bonchev–Trinajstić information content (AvgIpc) is 2.88. The minimum Gasteiger partial charge on any atom is -0.491 e. The van der Waals surface area contributed by atoms with Crippen molar-refractivity contribution in [3.63, 3.8) is 0 Å². The fraction of sp³-hybridized carbons (Fsp3) is 0.393. The van der Waals surface area contributed by atoms with Crippen LogP contribution in [0.25, 0.3) is 0 Å². The first-order valence-electron chi connectivity index (χ1n) is 12.3. The Morgan fingerprint density at radius 2 is 1.92 bits per heavy atom. The van der Waals surface area contributed by atoms with E-state index in [2.05, 4.69) is 21.7 Å². The quantitative estimate of drug-likeness (QED) is 0.436. The smallest absolute Gasteiger partial charge is 0.123 e. The summed E-state index contributed by atoms with van der Waals surface area (Å²) in [6, 6.07) is 15.8. The lowest BCUT2D eigenvalue weighted by Crippen LogP contribution is -2.52. The average molecular weight is 514 g/mol. The van der Waals surface area contributed by atoms with Gasteiger partial charge in [-0.15, -0.1) is 0 Å². The lowest BCUT2D eigenvalue weighted by atomic mass is 9.94. The molecule has 2 N–H and O–H groups in total. The molecule has 0 unspecified atom stereocenters. The molecular weight excluding hydrogens is 481 g/mol. The van der Waals surface area contributed by atoms with Gasteiger partial charge < -0.3 is 19.8 Å². The van der Waals surface area contributed by atoms with Crippen molar-refractivity contribution in [1.29, 1.82) is 0 Å². The Hall–Kier alpha value is -2.71. The molecule has 1 aliphatic rings. The van der Waals surface area contributed by atoms with Gasteiger partial charge in [-0.25, -0.2) is 4.39 Å². The number of β-amino-alcohol motifs (C(OH)–C–C–N with tert-alkyl or cyclic N) is 1. The van der Waals surface area contributed by atoms with Crippen LogP contribution >= 0.6 is 11.6 Å². The largest absolute Gasteiger partial charge is 0.491 e. The monoisotopic (exact) mass is 513 g/mol. The lowest BCUT2D eigenvalue weighted by Gasteiger charge is -2.45. The molecule has 4 rings (SSSR count). The van der Waals surface area contributed by atoms with E-state index in [0.717, 1.165) is 28.9 Å². The summed E-state index contributed by atoms with van der Waals surface area (Å²) in [6.45, 7) is 6.44. The summed E-state index contributed by atoms with van der Waals surface area (Å²) in [5.74, 6) is 0.306. The Morgan fingerprint density at radius 3 is 2.56 bits per heavy atom. The van der Waals surface area contributed by atoms with Crippen LogP contribution in [0.5, 0.6) is 5.75 Å². The van der Waals surface area contributed by atoms with Crippen molar-refractivity contribution >= 4 is 17.3 Å². The number of rotatable bonds is 9. The maximum atomic E-state index is 13.7. The van der Waals surface area contributed by atoms with Crippen LogP contribution in [0.4, 0.5) is 10.1 Å². The number of anilines is 1. The van der Waals surface area contributed by atoms with Gasteiger partial charge in [0.15, 0.2) is 0 Å². The zero-order chi connectivity index (χ0) is 25.7. The predicted molar refractivity (Wildman–Crippen MR) is 140 cm³/mol. The van der Waals surface area contributed by atoms with E-state index in [-0.39, 0.29) is 25.1 Å². The van der Waals surface area contributed by atoms with Crippen molar-refractivity contribution in [2.75, 3.05) is 44.3 Å². The molecule has 6 nitrogen and oxygen atoms in total. The van der Waals surface area contributed by atoms with Crippen LogP contribution in [0.2, 0.25) is 5.02 Å². The van der Waals surface area contributed by atoms with Gasteiger partial charge in [0.05, 0.1) is 23.4 Å². The Balaban J connectivity index is 1.57. The molecule has 0 aliphatic carbocycles. The fourth-order valence-electron chi connectivity index (χ4n) is 4.69. The number of aryl methyl sites for hydroxylation is 1. The van der Waals surface area contributed by atoms with Crippen LogP contribution in [0.1, 0.15) is 36.7 Å². The second-order valence-corrected chi connectivity index (χ2v) is 9.75. The van der Waals surface area contributed by atoms with Crippen LogP contribution in [0, 0.1) is 5.82 Å². The molecule has 2 atom stereocenters.